The molecule has 0 spiro atoms. The summed E-state index contributed by atoms with van der Waals surface area (Å²) in [6.07, 6.45) is -10.0. The summed E-state index contributed by atoms with van der Waals surface area (Å²) >= 11 is 0. The number of para-hydroxylation sites is 1. The van der Waals surface area contributed by atoms with Crippen molar-refractivity contribution >= 4 is 21.8 Å². The topological polar surface area (TPSA) is 43.6 Å². The molecular formula is C47H27F7N4. The monoisotopic (exact) mass is 780 g/mol. The standard InChI is InChI=1S/C47H27F7N4/c48-35-18-15-28(16-19-35)37-22-20-36(27-40(37)45-56-43(29-9-3-1-4-10-29)55-44(57-45)30-11-5-2-6-12-30)58-41-14-8-7-13-38(41)39-21-17-31(25-42(39)58)32-23-33(46(49,50)51)26-34(24-32)47(52,53)54/h1-27H. The van der Waals surface area contributed by atoms with Crippen LogP contribution in [0.15, 0.2) is 164 Å². The number of aromatic nitrogens is 4. The minimum absolute atomic E-state index is 0.122. The van der Waals surface area contributed by atoms with E-state index in [-0.39, 0.29) is 17.2 Å². The van der Waals surface area contributed by atoms with Crippen LogP contribution in [0.5, 0.6) is 0 Å². The third-order valence-electron chi connectivity index (χ3n) is 9.95. The maximum atomic E-state index is 14.2. The first-order valence-electron chi connectivity index (χ1n) is 18.0. The van der Waals surface area contributed by atoms with Crippen molar-refractivity contribution in [2.45, 2.75) is 12.4 Å². The molecule has 2 aromatic heterocycles. The smallest absolute Gasteiger partial charge is 0.309 e. The maximum Gasteiger partial charge on any atom is 0.416 e. The van der Waals surface area contributed by atoms with E-state index in [9.17, 15) is 30.7 Å². The van der Waals surface area contributed by atoms with Gasteiger partial charge in [0.05, 0.1) is 22.2 Å². The molecule has 4 nitrogen and oxygen atoms in total. The second-order valence-corrected chi connectivity index (χ2v) is 13.7. The van der Waals surface area contributed by atoms with Crippen molar-refractivity contribution in [3.63, 3.8) is 0 Å². The van der Waals surface area contributed by atoms with Crippen molar-refractivity contribution in [2.75, 3.05) is 0 Å². The summed E-state index contributed by atoms with van der Waals surface area (Å²) in [5.74, 6) is 0.740. The third kappa shape index (κ3) is 6.85. The Kier molecular flexibility index (Phi) is 8.88. The van der Waals surface area contributed by atoms with Crippen LogP contribution in [0.3, 0.4) is 0 Å². The minimum atomic E-state index is -5.01. The van der Waals surface area contributed by atoms with Gasteiger partial charge in [0.15, 0.2) is 17.5 Å². The molecule has 9 rings (SSSR count). The molecule has 0 aliphatic rings. The Balaban J connectivity index is 1.31. The molecule has 284 valence electrons. The van der Waals surface area contributed by atoms with E-state index >= 15 is 0 Å². The van der Waals surface area contributed by atoms with Crippen LogP contribution in [0.2, 0.25) is 0 Å². The first kappa shape index (κ1) is 36.5. The molecule has 58 heavy (non-hydrogen) atoms. The maximum absolute atomic E-state index is 14.2. The fraction of sp³-hybridized carbons (Fsp3) is 0.0426. The largest absolute Gasteiger partial charge is 0.416 e. The zero-order valence-electron chi connectivity index (χ0n) is 30.0. The van der Waals surface area contributed by atoms with Gasteiger partial charge < -0.3 is 4.57 Å². The summed E-state index contributed by atoms with van der Waals surface area (Å²) in [7, 11) is 0. The lowest BCUT2D eigenvalue weighted by atomic mass is 9.97. The van der Waals surface area contributed by atoms with Crippen LogP contribution in [-0.4, -0.2) is 19.5 Å². The molecule has 0 atom stereocenters. The first-order chi connectivity index (χ1) is 27.9. The quantitative estimate of drug-likeness (QED) is 0.158. The molecule has 0 unspecified atom stereocenters. The number of fused-ring (bicyclic) bond motifs is 3. The highest BCUT2D eigenvalue weighted by atomic mass is 19.4. The fourth-order valence-corrected chi connectivity index (χ4v) is 7.22. The average Bonchev–Trinajstić information content (AvgIpc) is 3.57. The number of hydrogen-bond donors (Lipinski definition) is 0. The summed E-state index contributed by atoms with van der Waals surface area (Å²) in [6.45, 7) is 0. The lowest BCUT2D eigenvalue weighted by molar-refractivity contribution is -0.143. The van der Waals surface area contributed by atoms with Crippen molar-refractivity contribution in [1.29, 1.82) is 0 Å². The summed E-state index contributed by atoms with van der Waals surface area (Å²) < 4.78 is 99.7. The predicted octanol–water partition coefficient (Wildman–Crippen LogP) is 13.5. The second kappa shape index (κ2) is 14.1. The molecule has 0 bridgehead atoms. The number of benzene rings is 7. The molecule has 0 aliphatic carbocycles. The minimum Gasteiger partial charge on any atom is -0.309 e. The normalized spacial score (nSPS) is 12.1. The highest BCUT2D eigenvalue weighted by Crippen LogP contribution is 2.42. The van der Waals surface area contributed by atoms with Gasteiger partial charge in [0, 0.05) is 33.2 Å². The number of rotatable bonds is 6. The van der Waals surface area contributed by atoms with Gasteiger partial charge in [-0.25, -0.2) is 19.3 Å². The van der Waals surface area contributed by atoms with E-state index in [1.54, 1.807) is 24.3 Å². The molecular weight excluding hydrogens is 754 g/mol. The number of nitrogens with zero attached hydrogens (tertiary/aromatic N) is 4. The van der Waals surface area contributed by atoms with Gasteiger partial charge in [-0.1, -0.05) is 109 Å². The molecule has 7 aromatic carbocycles. The van der Waals surface area contributed by atoms with Crippen LogP contribution in [0.1, 0.15) is 11.1 Å². The summed E-state index contributed by atoms with van der Waals surface area (Å²) in [5.41, 5.74) is 2.43. The molecule has 0 aliphatic heterocycles. The lowest BCUT2D eigenvalue weighted by Gasteiger charge is -2.16. The highest BCUT2D eigenvalue weighted by molar-refractivity contribution is 6.10. The van der Waals surface area contributed by atoms with Crippen LogP contribution < -0.4 is 0 Å². The zero-order valence-corrected chi connectivity index (χ0v) is 30.0. The lowest BCUT2D eigenvalue weighted by Crippen LogP contribution is -2.11. The van der Waals surface area contributed by atoms with Gasteiger partial charge in [-0.05, 0) is 76.9 Å². The zero-order chi connectivity index (χ0) is 40.2. The van der Waals surface area contributed by atoms with Crippen LogP contribution in [-0.2, 0) is 12.4 Å². The third-order valence-corrected chi connectivity index (χ3v) is 9.95. The van der Waals surface area contributed by atoms with E-state index in [2.05, 4.69) is 0 Å². The van der Waals surface area contributed by atoms with Crippen molar-refractivity contribution in [1.82, 2.24) is 19.5 Å². The van der Waals surface area contributed by atoms with Crippen LogP contribution in [0.25, 0.3) is 83.9 Å². The molecule has 9 aromatic rings. The van der Waals surface area contributed by atoms with Crippen molar-refractivity contribution in [2.24, 2.45) is 0 Å². The average molecular weight is 781 g/mol. The van der Waals surface area contributed by atoms with E-state index in [0.717, 1.165) is 39.5 Å². The van der Waals surface area contributed by atoms with Crippen molar-refractivity contribution in [3.8, 4) is 62.1 Å². The number of hydrogen-bond acceptors (Lipinski definition) is 3. The van der Waals surface area contributed by atoms with Gasteiger partial charge in [0.1, 0.15) is 5.82 Å². The molecule has 11 heteroatoms. The Morgan fingerprint density at radius 2 is 0.914 bits per heavy atom. The van der Waals surface area contributed by atoms with Crippen molar-refractivity contribution < 1.29 is 30.7 Å². The molecule has 0 saturated carbocycles. The van der Waals surface area contributed by atoms with E-state index in [1.165, 1.54) is 18.2 Å². The molecule has 0 N–H and O–H groups in total. The van der Waals surface area contributed by atoms with E-state index < -0.39 is 29.3 Å². The molecule has 0 saturated heterocycles. The predicted molar refractivity (Wildman–Crippen MR) is 211 cm³/mol. The van der Waals surface area contributed by atoms with Gasteiger partial charge >= 0.3 is 12.4 Å². The Morgan fingerprint density at radius 3 is 1.52 bits per heavy atom. The molecule has 0 radical (unpaired) electrons. The Labute approximate surface area is 326 Å². The van der Waals surface area contributed by atoms with Crippen LogP contribution >= 0.6 is 0 Å². The van der Waals surface area contributed by atoms with Crippen LogP contribution in [0.4, 0.5) is 30.7 Å². The van der Waals surface area contributed by atoms with Crippen LogP contribution in [0, 0.1) is 5.82 Å². The van der Waals surface area contributed by atoms with Gasteiger partial charge in [-0.2, -0.15) is 26.3 Å². The first-order valence-corrected chi connectivity index (χ1v) is 18.0. The SMILES string of the molecule is Fc1ccc(-c2ccc(-n3c4ccccc4c4ccc(-c5cc(C(F)(F)F)cc(C(F)(F)F)c5)cc43)cc2-c2nc(-c3ccccc3)nc(-c3ccccc3)n2)cc1. The van der Waals surface area contributed by atoms with E-state index in [4.69, 9.17) is 15.0 Å². The molecule has 0 amide bonds. The molecule has 0 fully saturated rings. The van der Waals surface area contributed by atoms with E-state index in [0.29, 0.717) is 45.4 Å². The summed E-state index contributed by atoms with van der Waals surface area (Å²) in [5, 5.41) is 1.54. The second-order valence-electron chi connectivity index (χ2n) is 13.7. The van der Waals surface area contributed by atoms with Gasteiger partial charge in [0.25, 0.3) is 0 Å². The van der Waals surface area contributed by atoms with Gasteiger partial charge in [-0.3, -0.25) is 0 Å². The van der Waals surface area contributed by atoms with Gasteiger partial charge in [0.2, 0.25) is 0 Å². The number of halogens is 7. The Morgan fingerprint density at radius 1 is 0.379 bits per heavy atom. The Hall–Kier alpha value is -7.14. The Bertz CT molecular complexity index is 2880. The van der Waals surface area contributed by atoms with Crippen molar-refractivity contribution in [3.05, 3.63) is 181 Å². The summed E-state index contributed by atoms with van der Waals surface area (Å²) in [6, 6.07) is 44.4. The molecule has 2 heterocycles. The van der Waals surface area contributed by atoms with E-state index in [1.807, 2.05) is 108 Å². The fourth-order valence-electron chi connectivity index (χ4n) is 7.22. The van der Waals surface area contributed by atoms with Gasteiger partial charge in [-0.15, -0.1) is 0 Å². The highest BCUT2D eigenvalue weighted by Gasteiger charge is 2.37. The summed E-state index contributed by atoms with van der Waals surface area (Å²) in [4.78, 5) is 14.8. The number of alkyl halides is 6.